The van der Waals surface area contributed by atoms with Gasteiger partial charge < -0.3 is 10.1 Å². The van der Waals surface area contributed by atoms with Crippen LogP contribution in [-0.2, 0) is 11.0 Å². The van der Waals surface area contributed by atoms with Gasteiger partial charge in [-0.25, -0.2) is 4.52 Å². The molecule has 0 aliphatic carbocycles. The van der Waals surface area contributed by atoms with Gasteiger partial charge >= 0.3 is 6.18 Å². The second-order valence-electron chi connectivity index (χ2n) is 5.58. The molecule has 0 aliphatic rings. The van der Waals surface area contributed by atoms with Gasteiger partial charge in [-0.1, -0.05) is 12.1 Å². The van der Waals surface area contributed by atoms with Crippen LogP contribution in [0.25, 0.3) is 5.78 Å². The summed E-state index contributed by atoms with van der Waals surface area (Å²) in [6, 6.07) is 8.57. The number of halogens is 3. The number of carbonyl (C=O) groups is 1. The standard InChI is InChI=1S/C16H14F3N5O2/c1-9-4-3-5-11(6-9)26-8-13(25)20-12-7-10(2)24-15(21-12)22-14(23-24)16(17,18)19/h3-7H,8H2,1-2H3,(H,20,21,22,23,25). The minimum Gasteiger partial charge on any atom is -0.484 e. The van der Waals surface area contributed by atoms with Crippen LogP contribution >= 0.6 is 0 Å². The third kappa shape index (κ3) is 3.90. The van der Waals surface area contributed by atoms with E-state index in [1.165, 1.54) is 13.0 Å². The largest absolute Gasteiger partial charge is 0.484 e. The molecule has 0 bridgehead atoms. The van der Waals surface area contributed by atoms with E-state index in [0.29, 0.717) is 11.4 Å². The van der Waals surface area contributed by atoms with Crippen LogP contribution < -0.4 is 10.1 Å². The summed E-state index contributed by atoms with van der Waals surface area (Å²) in [4.78, 5) is 19.2. The topological polar surface area (TPSA) is 81.4 Å². The lowest BCUT2D eigenvalue weighted by atomic mass is 10.2. The van der Waals surface area contributed by atoms with Gasteiger partial charge in [-0.3, -0.25) is 4.79 Å². The molecule has 136 valence electrons. The minimum absolute atomic E-state index is 0.0639. The van der Waals surface area contributed by atoms with Gasteiger partial charge in [0.1, 0.15) is 11.6 Å². The van der Waals surface area contributed by atoms with E-state index in [1.54, 1.807) is 18.2 Å². The summed E-state index contributed by atoms with van der Waals surface area (Å²) < 4.78 is 44.4. The number of rotatable bonds is 4. The van der Waals surface area contributed by atoms with Crippen molar-refractivity contribution in [1.29, 1.82) is 0 Å². The monoisotopic (exact) mass is 365 g/mol. The van der Waals surface area contributed by atoms with Crippen LogP contribution in [-0.4, -0.2) is 32.1 Å². The molecule has 1 aromatic carbocycles. The van der Waals surface area contributed by atoms with Gasteiger partial charge in [-0.2, -0.15) is 23.1 Å². The highest BCUT2D eigenvalue weighted by molar-refractivity contribution is 5.91. The maximum Gasteiger partial charge on any atom is 0.453 e. The molecule has 10 heteroatoms. The second-order valence-corrected chi connectivity index (χ2v) is 5.58. The number of hydrogen-bond donors (Lipinski definition) is 1. The number of alkyl halides is 3. The molecular formula is C16H14F3N5O2. The van der Waals surface area contributed by atoms with E-state index in [-0.39, 0.29) is 18.2 Å². The Hall–Kier alpha value is -3.17. The number of nitrogens with zero attached hydrogens (tertiary/aromatic N) is 4. The number of amides is 1. The van der Waals surface area contributed by atoms with Gasteiger partial charge in [-0.05, 0) is 31.5 Å². The highest BCUT2D eigenvalue weighted by Gasteiger charge is 2.36. The molecule has 0 atom stereocenters. The van der Waals surface area contributed by atoms with Crippen molar-refractivity contribution in [3.05, 3.63) is 47.4 Å². The first-order valence-corrected chi connectivity index (χ1v) is 7.53. The first-order valence-electron chi connectivity index (χ1n) is 7.53. The summed E-state index contributed by atoms with van der Waals surface area (Å²) >= 11 is 0. The molecule has 1 amide bonds. The van der Waals surface area contributed by atoms with Crippen LogP contribution in [0.4, 0.5) is 19.0 Å². The fourth-order valence-electron chi connectivity index (χ4n) is 2.23. The Balaban J connectivity index is 1.73. The molecule has 0 saturated carbocycles. The third-order valence-corrected chi connectivity index (χ3v) is 3.37. The van der Waals surface area contributed by atoms with Crippen molar-refractivity contribution in [3.63, 3.8) is 0 Å². The van der Waals surface area contributed by atoms with Crippen molar-refractivity contribution in [2.45, 2.75) is 20.0 Å². The smallest absolute Gasteiger partial charge is 0.453 e. The predicted octanol–water partition coefficient (Wildman–Crippen LogP) is 2.78. The van der Waals surface area contributed by atoms with E-state index in [1.807, 2.05) is 13.0 Å². The Bertz CT molecular complexity index is 968. The summed E-state index contributed by atoms with van der Waals surface area (Å²) in [5.41, 5.74) is 1.32. The molecule has 3 rings (SSSR count). The number of hydrogen-bond acceptors (Lipinski definition) is 5. The molecule has 0 aliphatic heterocycles. The summed E-state index contributed by atoms with van der Waals surface area (Å²) in [6.07, 6.45) is -4.68. The maximum absolute atomic E-state index is 12.7. The van der Waals surface area contributed by atoms with Gasteiger partial charge in [0, 0.05) is 11.8 Å². The van der Waals surface area contributed by atoms with Crippen molar-refractivity contribution in [3.8, 4) is 5.75 Å². The summed E-state index contributed by atoms with van der Waals surface area (Å²) in [7, 11) is 0. The van der Waals surface area contributed by atoms with Crippen LogP contribution in [0.2, 0.25) is 0 Å². The SMILES string of the molecule is Cc1cccc(OCC(=O)Nc2cc(C)n3nc(C(F)(F)F)nc3n2)c1. The van der Waals surface area contributed by atoms with E-state index in [9.17, 15) is 18.0 Å². The molecule has 2 heterocycles. The lowest BCUT2D eigenvalue weighted by Crippen LogP contribution is -2.21. The Kier molecular flexibility index (Phi) is 4.49. The van der Waals surface area contributed by atoms with Gasteiger partial charge in [0.2, 0.25) is 0 Å². The first-order chi connectivity index (χ1) is 12.2. The summed E-state index contributed by atoms with van der Waals surface area (Å²) in [6.45, 7) is 3.15. The van der Waals surface area contributed by atoms with Crippen molar-refractivity contribution in [2.24, 2.45) is 0 Å². The predicted molar refractivity (Wildman–Crippen MR) is 85.8 cm³/mol. The Morgan fingerprint density at radius 1 is 1.23 bits per heavy atom. The second kappa shape index (κ2) is 6.62. The van der Waals surface area contributed by atoms with E-state index in [2.05, 4.69) is 20.4 Å². The van der Waals surface area contributed by atoms with Crippen LogP contribution in [0.5, 0.6) is 5.75 Å². The van der Waals surface area contributed by atoms with E-state index >= 15 is 0 Å². The quantitative estimate of drug-likeness (QED) is 0.769. The van der Waals surface area contributed by atoms with Gasteiger partial charge in [0.15, 0.2) is 6.61 Å². The van der Waals surface area contributed by atoms with Crippen LogP contribution in [0.3, 0.4) is 0 Å². The molecule has 0 spiro atoms. The average molecular weight is 365 g/mol. The number of aromatic nitrogens is 4. The number of fused-ring (bicyclic) bond motifs is 1. The zero-order chi connectivity index (χ0) is 18.9. The van der Waals surface area contributed by atoms with E-state index in [0.717, 1.165) is 10.1 Å². The number of nitrogens with one attached hydrogen (secondary N) is 1. The van der Waals surface area contributed by atoms with Crippen LogP contribution in [0.1, 0.15) is 17.1 Å². The summed E-state index contributed by atoms with van der Waals surface area (Å²) in [5, 5.41) is 5.84. The molecule has 2 aromatic heterocycles. The molecule has 0 unspecified atom stereocenters. The normalized spacial score (nSPS) is 11.6. The molecule has 26 heavy (non-hydrogen) atoms. The van der Waals surface area contributed by atoms with Gasteiger partial charge in [-0.15, -0.1) is 5.10 Å². The lowest BCUT2D eigenvalue weighted by molar-refractivity contribution is -0.144. The number of anilines is 1. The molecule has 0 saturated heterocycles. The molecular weight excluding hydrogens is 351 g/mol. The molecule has 0 radical (unpaired) electrons. The van der Waals surface area contributed by atoms with Crippen molar-refractivity contribution < 1.29 is 22.7 Å². The lowest BCUT2D eigenvalue weighted by Gasteiger charge is -2.08. The summed E-state index contributed by atoms with van der Waals surface area (Å²) in [5.74, 6) is -1.45. The number of aryl methyl sites for hydroxylation is 2. The number of benzene rings is 1. The minimum atomic E-state index is -4.68. The third-order valence-electron chi connectivity index (χ3n) is 3.37. The fraction of sp³-hybridized carbons (Fsp3) is 0.250. The number of carbonyl (C=O) groups excluding carboxylic acids is 1. The Morgan fingerprint density at radius 2 is 2.00 bits per heavy atom. The van der Waals surface area contributed by atoms with Crippen molar-refractivity contribution >= 4 is 17.5 Å². The fourth-order valence-corrected chi connectivity index (χ4v) is 2.23. The van der Waals surface area contributed by atoms with Gasteiger partial charge in [0.25, 0.3) is 17.5 Å². The zero-order valence-corrected chi connectivity index (χ0v) is 13.8. The molecule has 0 fully saturated rings. The van der Waals surface area contributed by atoms with E-state index in [4.69, 9.17) is 4.74 Å². The van der Waals surface area contributed by atoms with E-state index < -0.39 is 17.9 Å². The molecule has 3 aromatic rings. The highest BCUT2D eigenvalue weighted by Crippen LogP contribution is 2.26. The zero-order valence-electron chi connectivity index (χ0n) is 13.8. The Labute approximate surface area is 145 Å². The number of ether oxygens (including phenoxy) is 1. The molecule has 1 N–H and O–H groups in total. The highest BCUT2D eigenvalue weighted by atomic mass is 19.4. The van der Waals surface area contributed by atoms with Crippen LogP contribution in [0, 0.1) is 13.8 Å². The maximum atomic E-state index is 12.7. The Morgan fingerprint density at radius 3 is 2.69 bits per heavy atom. The average Bonchev–Trinajstić information content (AvgIpc) is 2.98. The van der Waals surface area contributed by atoms with Crippen molar-refractivity contribution in [2.75, 3.05) is 11.9 Å². The van der Waals surface area contributed by atoms with Crippen molar-refractivity contribution in [1.82, 2.24) is 19.6 Å². The molecule has 7 nitrogen and oxygen atoms in total. The first kappa shape index (κ1) is 17.6. The van der Waals surface area contributed by atoms with Gasteiger partial charge in [0.05, 0.1) is 0 Å². The van der Waals surface area contributed by atoms with Crippen LogP contribution in [0.15, 0.2) is 30.3 Å².